The summed E-state index contributed by atoms with van der Waals surface area (Å²) in [4.78, 5) is 4.80. The van der Waals surface area contributed by atoms with E-state index in [1.807, 2.05) is 11.8 Å². The van der Waals surface area contributed by atoms with Gasteiger partial charge in [-0.1, -0.05) is 31.0 Å². The highest BCUT2D eigenvalue weighted by molar-refractivity contribution is 7.99. The summed E-state index contributed by atoms with van der Waals surface area (Å²) in [7, 11) is 0. The molecule has 2 N–H and O–H groups in total. The van der Waals surface area contributed by atoms with Crippen molar-refractivity contribution in [1.29, 1.82) is 0 Å². The molecule has 0 radical (unpaired) electrons. The van der Waals surface area contributed by atoms with Crippen LogP contribution in [0, 0.1) is 0 Å². The molecule has 0 amide bonds. The Morgan fingerprint density at radius 3 is 2.88 bits per heavy atom. The lowest BCUT2D eigenvalue weighted by molar-refractivity contribution is 0.294. The molecule has 1 fully saturated rings. The lowest BCUT2D eigenvalue weighted by atomic mass is 9.72. The third-order valence-electron chi connectivity index (χ3n) is 4.05. The molecular weight excluding hydrogens is 218 g/mol. The van der Waals surface area contributed by atoms with Gasteiger partial charge < -0.3 is 10.3 Å². The summed E-state index contributed by atoms with van der Waals surface area (Å²) in [6.45, 7) is 1.88. The number of thioether (sulfide) groups is 1. The zero-order valence-corrected chi connectivity index (χ0v) is 10.4. The van der Waals surface area contributed by atoms with Crippen molar-refractivity contribution in [2.45, 2.75) is 49.2 Å². The van der Waals surface area contributed by atoms with E-state index >= 15 is 0 Å². The lowest BCUT2D eigenvalue weighted by Crippen LogP contribution is -2.37. The number of hydrogen-bond donors (Lipinski definition) is 1. The average molecular weight is 237 g/mol. The van der Waals surface area contributed by atoms with Gasteiger partial charge in [0, 0.05) is 30.5 Å². The minimum atomic E-state index is 0.191. The molecule has 2 aliphatic rings. The molecule has 3 nitrogen and oxygen atoms in total. The number of aromatic nitrogens is 2. The molecule has 88 valence electrons. The van der Waals surface area contributed by atoms with Crippen LogP contribution in [0.4, 0.5) is 0 Å². The average Bonchev–Trinajstić information content (AvgIpc) is 2.90. The van der Waals surface area contributed by atoms with Gasteiger partial charge in [0.05, 0.1) is 5.69 Å². The largest absolute Gasteiger partial charge is 0.330 e. The Morgan fingerprint density at radius 1 is 1.38 bits per heavy atom. The van der Waals surface area contributed by atoms with Crippen molar-refractivity contribution in [2.75, 3.05) is 12.3 Å². The first-order chi connectivity index (χ1) is 7.84. The summed E-state index contributed by atoms with van der Waals surface area (Å²) < 4.78 is 2.30. The van der Waals surface area contributed by atoms with E-state index in [0.717, 1.165) is 13.1 Å². The molecule has 4 heteroatoms. The molecule has 0 unspecified atom stereocenters. The van der Waals surface area contributed by atoms with Crippen LogP contribution >= 0.6 is 11.8 Å². The van der Waals surface area contributed by atoms with Gasteiger partial charge in [0.1, 0.15) is 0 Å². The smallest absolute Gasteiger partial charge is 0.168 e. The zero-order chi connectivity index (χ0) is 11.0. The van der Waals surface area contributed by atoms with Crippen LogP contribution in [0.25, 0.3) is 0 Å². The molecule has 1 aliphatic heterocycles. The number of hydrogen-bond acceptors (Lipinski definition) is 3. The number of nitrogens with two attached hydrogens (primary N) is 1. The van der Waals surface area contributed by atoms with Gasteiger partial charge in [-0.3, -0.25) is 0 Å². The first-order valence-electron chi connectivity index (χ1n) is 6.25. The molecule has 1 aliphatic carbocycles. The van der Waals surface area contributed by atoms with E-state index < -0.39 is 0 Å². The van der Waals surface area contributed by atoms with Crippen LogP contribution in [0.5, 0.6) is 0 Å². The van der Waals surface area contributed by atoms with E-state index in [0.29, 0.717) is 0 Å². The highest BCUT2D eigenvalue weighted by Crippen LogP contribution is 2.39. The van der Waals surface area contributed by atoms with Gasteiger partial charge in [-0.15, -0.1) is 0 Å². The van der Waals surface area contributed by atoms with Crippen molar-refractivity contribution >= 4 is 11.8 Å². The van der Waals surface area contributed by atoms with Crippen molar-refractivity contribution < 1.29 is 0 Å². The van der Waals surface area contributed by atoms with Crippen LogP contribution < -0.4 is 5.73 Å². The molecule has 0 spiro atoms. The summed E-state index contributed by atoms with van der Waals surface area (Å²) >= 11 is 1.87. The van der Waals surface area contributed by atoms with E-state index in [9.17, 15) is 0 Å². The van der Waals surface area contributed by atoms with E-state index in [2.05, 4.69) is 10.8 Å². The Kier molecular flexibility index (Phi) is 2.72. The molecule has 1 saturated carbocycles. The third-order valence-corrected chi connectivity index (χ3v) is 5.02. The summed E-state index contributed by atoms with van der Waals surface area (Å²) in [5.41, 5.74) is 7.48. The number of nitrogens with zero attached hydrogens (tertiary/aromatic N) is 2. The van der Waals surface area contributed by atoms with E-state index in [1.54, 1.807) is 0 Å². The minimum Gasteiger partial charge on any atom is -0.330 e. The Labute approximate surface area is 101 Å². The summed E-state index contributed by atoms with van der Waals surface area (Å²) in [6.07, 6.45) is 8.70. The highest BCUT2D eigenvalue weighted by Gasteiger charge is 2.35. The monoisotopic (exact) mass is 237 g/mol. The van der Waals surface area contributed by atoms with Gasteiger partial charge in [-0.2, -0.15) is 0 Å². The molecule has 1 aromatic heterocycles. The second-order valence-electron chi connectivity index (χ2n) is 5.00. The molecule has 0 saturated heterocycles. The quantitative estimate of drug-likeness (QED) is 0.857. The zero-order valence-electron chi connectivity index (χ0n) is 9.61. The Bertz CT molecular complexity index is 358. The fourth-order valence-corrected chi connectivity index (χ4v) is 3.90. The number of fused-ring (bicyclic) bond motifs is 1. The normalized spacial score (nSPS) is 23.3. The van der Waals surface area contributed by atoms with Gasteiger partial charge in [0.25, 0.3) is 0 Å². The number of imidazole rings is 1. The molecule has 2 heterocycles. The molecule has 3 rings (SSSR count). The Hall–Kier alpha value is -0.480. The van der Waals surface area contributed by atoms with Gasteiger partial charge in [0.2, 0.25) is 0 Å². The number of aryl methyl sites for hydroxylation is 1. The predicted molar refractivity (Wildman–Crippen MR) is 66.8 cm³/mol. The molecule has 1 aromatic rings. The van der Waals surface area contributed by atoms with Crippen LogP contribution in [-0.4, -0.2) is 21.8 Å². The fraction of sp³-hybridized carbons (Fsp3) is 0.750. The molecule has 0 bridgehead atoms. The van der Waals surface area contributed by atoms with Crippen LogP contribution in [-0.2, 0) is 12.0 Å². The van der Waals surface area contributed by atoms with E-state index in [4.69, 9.17) is 10.7 Å². The van der Waals surface area contributed by atoms with Crippen molar-refractivity contribution in [2.24, 2.45) is 5.73 Å². The summed E-state index contributed by atoms with van der Waals surface area (Å²) in [6, 6.07) is 0. The van der Waals surface area contributed by atoms with Crippen molar-refractivity contribution in [3.8, 4) is 0 Å². The van der Waals surface area contributed by atoms with Crippen molar-refractivity contribution in [1.82, 2.24) is 9.55 Å². The molecule has 0 atom stereocenters. The third kappa shape index (κ3) is 1.59. The number of rotatable bonds is 2. The van der Waals surface area contributed by atoms with Gasteiger partial charge in [-0.25, -0.2) is 4.98 Å². The minimum absolute atomic E-state index is 0.191. The fourth-order valence-electron chi connectivity index (χ4n) is 2.96. The maximum atomic E-state index is 6.03. The van der Waals surface area contributed by atoms with Gasteiger partial charge in [-0.05, 0) is 12.8 Å². The SMILES string of the molecule is NCC1(c2cn3c(n2)SCC3)CCCCC1. The van der Waals surface area contributed by atoms with Gasteiger partial charge >= 0.3 is 0 Å². The standard InChI is InChI=1S/C12H19N3S/c13-9-12(4-2-1-3-5-12)10-8-15-6-7-16-11(15)14-10/h8H,1-7,9,13H2. The van der Waals surface area contributed by atoms with Crippen LogP contribution in [0.2, 0.25) is 0 Å². The van der Waals surface area contributed by atoms with E-state index in [-0.39, 0.29) is 5.41 Å². The lowest BCUT2D eigenvalue weighted by Gasteiger charge is -2.34. The second kappa shape index (κ2) is 4.08. The molecule has 16 heavy (non-hydrogen) atoms. The van der Waals surface area contributed by atoms with Crippen molar-refractivity contribution in [3.63, 3.8) is 0 Å². The second-order valence-corrected chi connectivity index (χ2v) is 6.06. The first kappa shape index (κ1) is 10.7. The summed E-state index contributed by atoms with van der Waals surface area (Å²) in [5.74, 6) is 1.18. The maximum absolute atomic E-state index is 6.03. The summed E-state index contributed by atoms with van der Waals surface area (Å²) in [5, 5.41) is 1.20. The molecular formula is C12H19N3S. The topological polar surface area (TPSA) is 43.8 Å². The van der Waals surface area contributed by atoms with Crippen LogP contribution in [0.1, 0.15) is 37.8 Å². The first-order valence-corrected chi connectivity index (χ1v) is 7.23. The van der Waals surface area contributed by atoms with Crippen LogP contribution in [0.3, 0.4) is 0 Å². The Balaban J connectivity index is 1.93. The Morgan fingerprint density at radius 2 is 2.19 bits per heavy atom. The maximum Gasteiger partial charge on any atom is 0.168 e. The van der Waals surface area contributed by atoms with E-state index in [1.165, 1.54) is 48.7 Å². The molecule has 0 aromatic carbocycles. The highest BCUT2D eigenvalue weighted by atomic mass is 32.2. The van der Waals surface area contributed by atoms with Crippen LogP contribution in [0.15, 0.2) is 11.4 Å². The van der Waals surface area contributed by atoms with Gasteiger partial charge in [0.15, 0.2) is 5.16 Å². The predicted octanol–water partition coefficient (Wildman–Crippen LogP) is 2.15. The van der Waals surface area contributed by atoms with Crippen molar-refractivity contribution in [3.05, 3.63) is 11.9 Å².